The van der Waals surface area contributed by atoms with Crippen LogP contribution in [0, 0.1) is 5.95 Å². The van der Waals surface area contributed by atoms with Crippen LogP contribution in [-0.2, 0) is 6.42 Å². The van der Waals surface area contributed by atoms with E-state index < -0.39 is 5.95 Å². The largest absolute Gasteiger partial charge is 0.441 e. The number of nitrogens with zero attached hydrogens (tertiary/aromatic N) is 2. The van der Waals surface area contributed by atoms with Crippen LogP contribution < -0.4 is 5.32 Å². The zero-order chi connectivity index (χ0) is 14.8. The number of benzene rings is 1. The molecule has 0 saturated carbocycles. The predicted molar refractivity (Wildman–Crippen MR) is 75.5 cm³/mol. The van der Waals surface area contributed by atoms with Gasteiger partial charge in [0.15, 0.2) is 11.5 Å². The molecule has 6 heteroatoms. The van der Waals surface area contributed by atoms with Crippen LogP contribution in [0.5, 0.6) is 0 Å². The molecule has 1 amide bonds. The molecule has 0 fully saturated rings. The van der Waals surface area contributed by atoms with Crippen LogP contribution in [0.4, 0.5) is 10.1 Å². The number of aryl methyl sites for hydroxylation is 1. The SMILES string of the molecule is CCc1nc2cc(NC(=O)c3ccc(F)nc3)ccc2o1. The van der Waals surface area contributed by atoms with Crippen LogP contribution in [0.3, 0.4) is 0 Å². The van der Waals surface area contributed by atoms with Crippen molar-refractivity contribution < 1.29 is 13.6 Å². The minimum absolute atomic E-state index is 0.283. The van der Waals surface area contributed by atoms with Crippen LogP contribution in [0.15, 0.2) is 40.9 Å². The number of hydrogen-bond donors (Lipinski definition) is 1. The molecule has 3 aromatic rings. The summed E-state index contributed by atoms with van der Waals surface area (Å²) < 4.78 is 18.2. The Bertz CT molecular complexity index is 796. The number of oxazole rings is 1. The van der Waals surface area contributed by atoms with Crippen LogP contribution in [0.25, 0.3) is 11.1 Å². The maximum Gasteiger partial charge on any atom is 0.257 e. The molecule has 1 N–H and O–H groups in total. The average Bonchev–Trinajstić information content (AvgIpc) is 2.90. The van der Waals surface area contributed by atoms with Gasteiger partial charge in [0.05, 0.1) is 5.56 Å². The van der Waals surface area contributed by atoms with Crippen LogP contribution in [0.1, 0.15) is 23.2 Å². The summed E-state index contributed by atoms with van der Waals surface area (Å²) >= 11 is 0. The Morgan fingerprint density at radius 3 is 2.90 bits per heavy atom. The van der Waals surface area contributed by atoms with E-state index in [1.165, 1.54) is 12.3 Å². The van der Waals surface area contributed by atoms with E-state index in [4.69, 9.17) is 4.42 Å². The Kier molecular flexibility index (Phi) is 3.35. The molecule has 0 saturated heterocycles. The van der Waals surface area contributed by atoms with Gasteiger partial charge in [-0.05, 0) is 30.3 Å². The summed E-state index contributed by atoms with van der Waals surface area (Å²) in [4.78, 5) is 19.8. The third-order valence-corrected chi connectivity index (χ3v) is 2.98. The van der Waals surface area contributed by atoms with E-state index in [2.05, 4.69) is 15.3 Å². The van der Waals surface area contributed by atoms with Gasteiger partial charge in [0.2, 0.25) is 5.95 Å². The molecule has 0 spiro atoms. The first-order chi connectivity index (χ1) is 10.2. The lowest BCUT2D eigenvalue weighted by Crippen LogP contribution is -2.12. The van der Waals surface area contributed by atoms with Gasteiger partial charge in [0.25, 0.3) is 5.91 Å². The second kappa shape index (κ2) is 5.32. The van der Waals surface area contributed by atoms with Crippen molar-refractivity contribution in [2.75, 3.05) is 5.32 Å². The number of nitrogens with one attached hydrogen (secondary N) is 1. The third kappa shape index (κ3) is 2.74. The molecule has 0 atom stereocenters. The average molecular weight is 285 g/mol. The molecule has 0 radical (unpaired) electrons. The summed E-state index contributed by atoms with van der Waals surface area (Å²) in [6.45, 7) is 1.95. The van der Waals surface area contributed by atoms with E-state index in [1.807, 2.05) is 6.92 Å². The number of carbonyl (C=O) groups excluding carboxylic acids is 1. The summed E-state index contributed by atoms with van der Waals surface area (Å²) in [5.74, 6) is -0.333. The van der Waals surface area contributed by atoms with Crippen molar-refractivity contribution in [3.8, 4) is 0 Å². The van der Waals surface area contributed by atoms with Gasteiger partial charge in [0, 0.05) is 18.3 Å². The summed E-state index contributed by atoms with van der Waals surface area (Å²) in [5.41, 5.74) is 2.23. The number of amides is 1. The minimum Gasteiger partial charge on any atom is -0.441 e. The molecule has 106 valence electrons. The normalized spacial score (nSPS) is 10.8. The fourth-order valence-electron chi connectivity index (χ4n) is 1.92. The van der Waals surface area contributed by atoms with Crippen molar-refractivity contribution >= 4 is 22.7 Å². The van der Waals surface area contributed by atoms with Gasteiger partial charge in [0.1, 0.15) is 5.52 Å². The molecular weight excluding hydrogens is 273 g/mol. The van der Waals surface area contributed by atoms with Crippen molar-refractivity contribution in [1.82, 2.24) is 9.97 Å². The smallest absolute Gasteiger partial charge is 0.257 e. The molecule has 0 aliphatic heterocycles. The summed E-state index contributed by atoms with van der Waals surface area (Å²) in [6.07, 6.45) is 1.89. The van der Waals surface area contributed by atoms with Crippen molar-refractivity contribution in [1.29, 1.82) is 0 Å². The lowest BCUT2D eigenvalue weighted by Gasteiger charge is -2.04. The van der Waals surface area contributed by atoms with E-state index in [-0.39, 0.29) is 11.5 Å². The van der Waals surface area contributed by atoms with E-state index in [0.717, 1.165) is 6.07 Å². The molecule has 0 unspecified atom stereocenters. The number of aromatic nitrogens is 2. The fraction of sp³-hybridized carbons (Fsp3) is 0.133. The zero-order valence-corrected chi connectivity index (χ0v) is 11.3. The Hall–Kier alpha value is -2.76. The van der Waals surface area contributed by atoms with Crippen molar-refractivity contribution in [2.24, 2.45) is 0 Å². The van der Waals surface area contributed by atoms with Gasteiger partial charge < -0.3 is 9.73 Å². The molecule has 3 rings (SSSR count). The maximum absolute atomic E-state index is 12.7. The minimum atomic E-state index is -0.623. The monoisotopic (exact) mass is 285 g/mol. The second-order valence-electron chi connectivity index (χ2n) is 4.47. The van der Waals surface area contributed by atoms with Gasteiger partial charge in [-0.25, -0.2) is 9.97 Å². The van der Waals surface area contributed by atoms with E-state index >= 15 is 0 Å². The van der Waals surface area contributed by atoms with Gasteiger partial charge >= 0.3 is 0 Å². The Balaban J connectivity index is 1.83. The first-order valence-electron chi connectivity index (χ1n) is 6.48. The highest BCUT2D eigenvalue weighted by molar-refractivity contribution is 6.04. The molecule has 0 bridgehead atoms. The highest BCUT2D eigenvalue weighted by atomic mass is 19.1. The summed E-state index contributed by atoms with van der Waals surface area (Å²) in [6, 6.07) is 7.72. The molecule has 2 heterocycles. The van der Waals surface area contributed by atoms with Crippen LogP contribution in [-0.4, -0.2) is 15.9 Å². The molecule has 1 aromatic carbocycles. The molecule has 2 aromatic heterocycles. The molecule has 0 aliphatic carbocycles. The van der Waals surface area contributed by atoms with Crippen molar-refractivity contribution in [3.05, 3.63) is 53.9 Å². The fourth-order valence-corrected chi connectivity index (χ4v) is 1.92. The maximum atomic E-state index is 12.7. The lowest BCUT2D eigenvalue weighted by atomic mass is 10.2. The number of anilines is 1. The highest BCUT2D eigenvalue weighted by Gasteiger charge is 2.09. The lowest BCUT2D eigenvalue weighted by molar-refractivity contribution is 0.102. The Morgan fingerprint density at radius 2 is 2.19 bits per heavy atom. The van der Waals surface area contributed by atoms with Gasteiger partial charge in [-0.1, -0.05) is 6.92 Å². The van der Waals surface area contributed by atoms with Gasteiger partial charge in [-0.15, -0.1) is 0 Å². The molecule has 0 aliphatic rings. The number of pyridine rings is 1. The van der Waals surface area contributed by atoms with Crippen LogP contribution >= 0.6 is 0 Å². The first kappa shape index (κ1) is 13.2. The molecular formula is C15H12FN3O2. The predicted octanol–water partition coefficient (Wildman–Crippen LogP) is 3.18. The van der Waals surface area contributed by atoms with Gasteiger partial charge in [-0.3, -0.25) is 4.79 Å². The Labute approximate surface area is 119 Å². The van der Waals surface area contributed by atoms with Gasteiger partial charge in [-0.2, -0.15) is 4.39 Å². The quantitative estimate of drug-likeness (QED) is 0.750. The van der Waals surface area contributed by atoms with E-state index in [9.17, 15) is 9.18 Å². The zero-order valence-electron chi connectivity index (χ0n) is 11.3. The second-order valence-corrected chi connectivity index (χ2v) is 4.47. The number of carbonyl (C=O) groups is 1. The highest BCUT2D eigenvalue weighted by Crippen LogP contribution is 2.20. The summed E-state index contributed by atoms with van der Waals surface area (Å²) in [7, 11) is 0. The summed E-state index contributed by atoms with van der Waals surface area (Å²) in [5, 5.41) is 2.71. The molecule has 5 nitrogen and oxygen atoms in total. The van der Waals surface area contributed by atoms with E-state index in [0.29, 0.717) is 29.1 Å². The van der Waals surface area contributed by atoms with Crippen LogP contribution in [0.2, 0.25) is 0 Å². The number of halogens is 1. The standard InChI is InChI=1S/C15H12FN3O2/c1-2-14-19-11-7-10(4-5-12(11)21-14)18-15(20)9-3-6-13(16)17-8-9/h3-8H,2H2,1H3,(H,18,20). The number of rotatable bonds is 3. The Morgan fingerprint density at radius 1 is 1.33 bits per heavy atom. The van der Waals surface area contributed by atoms with E-state index in [1.54, 1.807) is 18.2 Å². The number of hydrogen-bond acceptors (Lipinski definition) is 4. The number of fused-ring (bicyclic) bond motifs is 1. The first-order valence-corrected chi connectivity index (χ1v) is 6.48. The third-order valence-electron chi connectivity index (χ3n) is 2.98. The van der Waals surface area contributed by atoms with Crippen molar-refractivity contribution in [3.63, 3.8) is 0 Å². The molecule has 21 heavy (non-hydrogen) atoms. The van der Waals surface area contributed by atoms with Crippen molar-refractivity contribution in [2.45, 2.75) is 13.3 Å². The topological polar surface area (TPSA) is 68.0 Å².